The third kappa shape index (κ3) is 2.96. The van der Waals surface area contributed by atoms with Gasteiger partial charge in [0.2, 0.25) is 0 Å². The topological polar surface area (TPSA) is 68.3 Å². The molecule has 0 bridgehead atoms. The number of hydrogen-bond donors (Lipinski definition) is 1. The van der Waals surface area contributed by atoms with Gasteiger partial charge in [-0.05, 0) is 5.56 Å². The number of nitrogens with zero attached hydrogens (tertiary/aromatic N) is 1. The van der Waals surface area contributed by atoms with Gasteiger partial charge in [0.1, 0.15) is 12.7 Å². The molecule has 4 heteroatoms. The standard InChI is InChI=1S/C15H14N2O2/c1-18-14-8-13(17)12(9-16)7-15(14)19-10-11-5-3-2-4-6-11/h2-8H,10,17H2,1H3. The Hall–Kier alpha value is -2.67. The monoisotopic (exact) mass is 254 g/mol. The molecule has 4 nitrogen and oxygen atoms in total. The minimum Gasteiger partial charge on any atom is -0.493 e. The lowest BCUT2D eigenvalue weighted by molar-refractivity contribution is 0.284. The number of nitrogen functional groups attached to an aromatic ring is 1. The Bertz CT molecular complexity index is 604. The first-order chi connectivity index (χ1) is 9.24. The average Bonchev–Trinajstić information content (AvgIpc) is 2.46. The molecule has 2 aromatic rings. The van der Waals surface area contributed by atoms with Gasteiger partial charge in [-0.25, -0.2) is 0 Å². The lowest BCUT2D eigenvalue weighted by Crippen LogP contribution is -2.00. The van der Waals surface area contributed by atoms with Crippen LogP contribution in [0.4, 0.5) is 5.69 Å². The van der Waals surface area contributed by atoms with E-state index in [-0.39, 0.29) is 0 Å². The van der Waals surface area contributed by atoms with E-state index in [2.05, 4.69) is 0 Å². The van der Waals surface area contributed by atoms with E-state index in [1.165, 1.54) is 7.11 Å². The molecule has 96 valence electrons. The number of hydrogen-bond acceptors (Lipinski definition) is 4. The Balaban J connectivity index is 2.22. The van der Waals surface area contributed by atoms with Crippen LogP contribution in [-0.4, -0.2) is 7.11 Å². The van der Waals surface area contributed by atoms with Crippen LogP contribution >= 0.6 is 0 Å². The molecule has 0 unspecified atom stereocenters. The van der Waals surface area contributed by atoms with Crippen molar-refractivity contribution in [1.29, 1.82) is 5.26 Å². The highest BCUT2D eigenvalue weighted by molar-refractivity contribution is 5.62. The fourth-order valence-electron chi connectivity index (χ4n) is 1.68. The minimum absolute atomic E-state index is 0.379. The summed E-state index contributed by atoms with van der Waals surface area (Å²) in [5, 5.41) is 8.97. The Labute approximate surface area is 112 Å². The second kappa shape index (κ2) is 5.78. The van der Waals surface area contributed by atoms with Crippen LogP contribution in [0, 0.1) is 11.3 Å². The summed E-state index contributed by atoms with van der Waals surface area (Å²) in [7, 11) is 1.54. The van der Waals surface area contributed by atoms with Crippen LogP contribution in [0.3, 0.4) is 0 Å². The molecular weight excluding hydrogens is 240 g/mol. The molecule has 19 heavy (non-hydrogen) atoms. The molecule has 0 amide bonds. The molecule has 0 aliphatic heterocycles. The van der Waals surface area contributed by atoms with Crippen molar-refractivity contribution < 1.29 is 9.47 Å². The van der Waals surface area contributed by atoms with Crippen molar-refractivity contribution in [1.82, 2.24) is 0 Å². The third-order valence-electron chi connectivity index (χ3n) is 2.69. The van der Waals surface area contributed by atoms with Gasteiger partial charge < -0.3 is 15.2 Å². The highest BCUT2D eigenvalue weighted by Crippen LogP contribution is 2.32. The summed E-state index contributed by atoms with van der Waals surface area (Å²) >= 11 is 0. The second-order valence-electron chi connectivity index (χ2n) is 3.98. The number of methoxy groups -OCH3 is 1. The molecule has 0 heterocycles. The summed E-state index contributed by atoms with van der Waals surface area (Å²) in [6, 6.07) is 15.0. The Morgan fingerprint density at radius 3 is 2.53 bits per heavy atom. The lowest BCUT2D eigenvalue weighted by atomic mass is 10.1. The van der Waals surface area contributed by atoms with Crippen molar-refractivity contribution in [2.45, 2.75) is 6.61 Å². The molecule has 2 rings (SSSR count). The van der Waals surface area contributed by atoms with Gasteiger partial charge in [0, 0.05) is 12.1 Å². The van der Waals surface area contributed by atoms with Crippen molar-refractivity contribution in [3.63, 3.8) is 0 Å². The molecule has 2 N–H and O–H groups in total. The van der Waals surface area contributed by atoms with E-state index < -0.39 is 0 Å². The van der Waals surface area contributed by atoms with Gasteiger partial charge in [-0.1, -0.05) is 30.3 Å². The van der Waals surface area contributed by atoms with Gasteiger partial charge in [0.25, 0.3) is 0 Å². The summed E-state index contributed by atoms with van der Waals surface area (Å²) in [6.45, 7) is 0.409. The fourth-order valence-corrected chi connectivity index (χ4v) is 1.68. The normalized spacial score (nSPS) is 9.68. The lowest BCUT2D eigenvalue weighted by Gasteiger charge is -2.12. The number of anilines is 1. The first kappa shape index (κ1) is 12.8. The quantitative estimate of drug-likeness (QED) is 0.852. The second-order valence-corrected chi connectivity index (χ2v) is 3.98. The predicted molar refractivity (Wildman–Crippen MR) is 72.9 cm³/mol. The first-order valence-electron chi connectivity index (χ1n) is 5.79. The smallest absolute Gasteiger partial charge is 0.163 e. The zero-order chi connectivity index (χ0) is 13.7. The third-order valence-corrected chi connectivity index (χ3v) is 2.69. The summed E-state index contributed by atoms with van der Waals surface area (Å²) < 4.78 is 10.9. The summed E-state index contributed by atoms with van der Waals surface area (Å²) in [4.78, 5) is 0. The van der Waals surface area contributed by atoms with Crippen LogP contribution in [0.2, 0.25) is 0 Å². The van der Waals surface area contributed by atoms with Crippen LogP contribution in [0.5, 0.6) is 11.5 Å². The maximum absolute atomic E-state index is 8.97. The molecule has 0 aromatic heterocycles. The van der Waals surface area contributed by atoms with Crippen molar-refractivity contribution in [3.8, 4) is 17.6 Å². The highest BCUT2D eigenvalue weighted by atomic mass is 16.5. The van der Waals surface area contributed by atoms with E-state index in [0.29, 0.717) is 29.4 Å². The van der Waals surface area contributed by atoms with Gasteiger partial charge in [-0.15, -0.1) is 0 Å². The van der Waals surface area contributed by atoms with E-state index in [1.54, 1.807) is 12.1 Å². The fraction of sp³-hybridized carbons (Fsp3) is 0.133. The zero-order valence-electron chi connectivity index (χ0n) is 10.6. The van der Waals surface area contributed by atoms with Gasteiger partial charge in [0.05, 0.1) is 18.4 Å². The molecular formula is C15H14N2O2. The van der Waals surface area contributed by atoms with Crippen LogP contribution in [0.25, 0.3) is 0 Å². The number of nitriles is 1. The first-order valence-corrected chi connectivity index (χ1v) is 5.79. The summed E-state index contributed by atoms with van der Waals surface area (Å²) in [5.74, 6) is 1.03. The van der Waals surface area contributed by atoms with Gasteiger partial charge in [0.15, 0.2) is 11.5 Å². The minimum atomic E-state index is 0.379. The van der Waals surface area contributed by atoms with Gasteiger partial charge in [-0.2, -0.15) is 5.26 Å². The van der Waals surface area contributed by atoms with E-state index >= 15 is 0 Å². The Morgan fingerprint density at radius 2 is 1.89 bits per heavy atom. The number of benzene rings is 2. The van der Waals surface area contributed by atoms with Crippen molar-refractivity contribution in [2.24, 2.45) is 0 Å². The number of rotatable bonds is 4. The molecule has 0 saturated heterocycles. The van der Waals surface area contributed by atoms with Gasteiger partial charge in [-0.3, -0.25) is 0 Å². The van der Waals surface area contributed by atoms with Crippen molar-refractivity contribution >= 4 is 5.69 Å². The highest BCUT2D eigenvalue weighted by Gasteiger charge is 2.09. The zero-order valence-corrected chi connectivity index (χ0v) is 10.6. The SMILES string of the molecule is COc1cc(N)c(C#N)cc1OCc1ccccc1. The molecule has 0 aliphatic rings. The molecule has 0 radical (unpaired) electrons. The van der Waals surface area contributed by atoms with Crippen molar-refractivity contribution in [2.75, 3.05) is 12.8 Å². The molecule has 0 saturated carbocycles. The summed E-state index contributed by atoms with van der Waals surface area (Å²) in [5.41, 5.74) is 7.53. The maximum Gasteiger partial charge on any atom is 0.163 e. The molecule has 2 aromatic carbocycles. The van der Waals surface area contributed by atoms with Crippen LogP contribution in [-0.2, 0) is 6.61 Å². The van der Waals surface area contributed by atoms with Crippen molar-refractivity contribution in [3.05, 3.63) is 53.6 Å². The van der Waals surface area contributed by atoms with Crippen LogP contribution < -0.4 is 15.2 Å². The molecule has 0 aliphatic carbocycles. The van der Waals surface area contributed by atoms with Crippen LogP contribution in [0.15, 0.2) is 42.5 Å². The predicted octanol–water partition coefficient (Wildman–Crippen LogP) is 2.73. The average molecular weight is 254 g/mol. The molecule has 0 spiro atoms. The Morgan fingerprint density at radius 1 is 1.16 bits per heavy atom. The largest absolute Gasteiger partial charge is 0.493 e. The van der Waals surface area contributed by atoms with Crippen LogP contribution in [0.1, 0.15) is 11.1 Å². The maximum atomic E-state index is 8.97. The molecule has 0 atom stereocenters. The molecule has 0 fully saturated rings. The van der Waals surface area contributed by atoms with Gasteiger partial charge >= 0.3 is 0 Å². The Kier molecular flexibility index (Phi) is 3.89. The van der Waals surface area contributed by atoms with E-state index in [1.807, 2.05) is 36.4 Å². The van der Waals surface area contributed by atoms with E-state index in [4.69, 9.17) is 20.5 Å². The summed E-state index contributed by atoms with van der Waals surface area (Å²) in [6.07, 6.45) is 0. The van der Waals surface area contributed by atoms with E-state index in [9.17, 15) is 0 Å². The van der Waals surface area contributed by atoms with E-state index in [0.717, 1.165) is 5.56 Å². The number of ether oxygens (including phenoxy) is 2. The number of nitrogens with two attached hydrogens (primary N) is 1.